The Hall–Kier alpha value is -2.99. The minimum absolute atomic E-state index is 0.00447. The van der Waals surface area contributed by atoms with Gasteiger partial charge in [0, 0.05) is 56.0 Å². The van der Waals surface area contributed by atoms with Crippen LogP contribution >= 0.6 is 0 Å². The van der Waals surface area contributed by atoms with E-state index in [-0.39, 0.29) is 47.6 Å². The highest BCUT2D eigenvalue weighted by Crippen LogP contribution is 2.66. The number of Topliss-reactive ketones (excluding diaryl/α,β-unsaturated/α-hetero) is 1. The summed E-state index contributed by atoms with van der Waals surface area (Å²) in [4.78, 5) is 29.4. The first kappa shape index (κ1) is 23.4. The molecule has 188 valence electrons. The number of carbonyl (C=O) groups excluding carboxylic acids is 2. The smallest absolute Gasteiger partial charge is 0.303 e. The van der Waals surface area contributed by atoms with E-state index in [9.17, 15) is 14.7 Å². The largest absolute Gasteiger partial charge is 0.489 e. The zero-order chi connectivity index (χ0) is 25.2. The molecule has 1 aromatic heterocycles. The number of esters is 1. The van der Waals surface area contributed by atoms with E-state index >= 15 is 0 Å². The van der Waals surface area contributed by atoms with Crippen molar-refractivity contribution in [3.8, 4) is 0 Å². The third kappa shape index (κ3) is 3.52. The molecule has 0 saturated heterocycles. The molecule has 36 heavy (non-hydrogen) atoms. The van der Waals surface area contributed by atoms with E-state index in [1.165, 1.54) is 18.1 Å². The molecule has 0 bridgehead atoms. The van der Waals surface area contributed by atoms with Crippen molar-refractivity contribution in [1.29, 1.82) is 0 Å². The lowest BCUT2D eigenvalue weighted by Crippen LogP contribution is -2.44. The number of hydrogen-bond acceptors (Lipinski definition) is 6. The van der Waals surface area contributed by atoms with Gasteiger partial charge in [-0.1, -0.05) is 25.1 Å². The van der Waals surface area contributed by atoms with E-state index in [4.69, 9.17) is 9.47 Å². The van der Waals surface area contributed by atoms with E-state index in [0.717, 1.165) is 29.4 Å². The van der Waals surface area contributed by atoms with Crippen molar-refractivity contribution in [3.63, 3.8) is 0 Å². The van der Waals surface area contributed by atoms with E-state index in [2.05, 4.69) is 43.1 Å². The zero-order valence-corrected chi connectivity index (χ0v) is 21.1. The lowest BCUT2D eigenvalue weighted by atomic mass is 9.60. The summed E-state index contributed by atoms with van der Waals surface area (Å²) in [6, 6.07) is 8.50. The number of aromatic nitrogens is 1. The summed E-state index contributed by atoms with van der Waals surface area (Å²) in [6.07, 6.45) is 9.00. The SMILES string of the molecule is CC(=O)OC1(C)C[C@H]2[C@@H]3OC4=C(C=C3CC[C@]2(C)[C@H]1c1ccc2cnccc2c1)C(=O)CC(CO)C4. The molecule has 6 atom stereocenters. The molecule has 4 aliphatic rings. The Balaban J connectivity index is 1.42. The van der Waals surface area contributed by atoms with Gasteiger partial charge in [0.15, 0.2) is 5.78 Å². The number of pyridine rings is 1. The fourth-order valence-electron chi connectivity index (χ4n) is 7.76. The molecular formula is C30H33NO5. The van der Waals surface area contributed by atoms with Gasteiger partial charge in [-0.05, 0) is 66.2 Å². The number of carbonyl (C=O) groups is 2. The van der Waals surface area contributed by atoms with Crippen LogP contribution in [0.1, 0.15) is 64.4 Å². The second kappa shape index (κ2) is 8.27. The van der Waals surface area contributed by atoms with Gasteiger partial charge in [0.1, 0.15) is 17.5 Å². The van der Waals surface area contributed by atoms with Crippen molar-refractivity contribution in [2.24, 2.45) is 17.3 Å². The number of ether oxygens (including phenoxy) is 2. The molecule has 1 aliphatic heterocycles. The minimum atomic E-state index is -0.685. The van der Waals surface area contributed by atoms with Crippen LogP contribution in [0.2, 0.25) is 0 Å². The molecule has 6 heteroatoms. The second-order valence-electron chi connectivity index (χ2n) is 11.6. The van der Waals surface area contributed by atoms with Crippen LogP contribution in [0.15, 0.2) is 59.6 Å². The fourth-order valence-corrected chi connectivity index (χ4v) is 7.76. The number of nitrogens with zero attached hydrogens (tertiary/aromatic N) is 1. The predicted octanol–water partition coefficient (Wildman–Crippen LogP) is 5.01. The molecule has 2 aromatic rings. The summed E-state index contributed by atoms with van der Waals surface area (Å²) >= 11 is 0. The number of aliphatic hydroxyl groups excluding tert-OH is 1. The Bertz CT molecular complexity index is 1330. The van der Waals surface area contributed by atoms with Crippen molar-refractivity contribution in [2.75, 3.05) is 6.61 Å². The standard InChI is InChI=1S/C30H33NO5/c1-17(33)36-30(3)14-24-27-20(13-23-25(34)10-18(16-32)11-26(23)35-27)6-8-29(24,2)28(30)21-4-5-22-15-31-9-7-19(22)12-21/h4-5,7,9,12-13,15,18,24,27-28,32H,6,8,10-11,14,16H2,1-3H3/t18?,24-,27+,28+,29-,30?/m0/s1. The first-order chi connectivity index (χ1) is 17.2. The van der Waals surface area contributed by atoms with Crippen molar-refractivity contribution in [3.05, 3.63) is 65.2 Å². The van der Waals surface area contributed by atoms with Crippen LogP contribution < -0.4 is 0 Å². The highest BCUT2D eigenvalue weighted by atomic mass is 16.6. The Morgan fingerprint density at radius 1 is 1.22 bits per heavy atom. The molecule has 2 unspecified atom stereocenters. The van der Waals surface area contributed by atoms with Crippen LogP contribution in [0, 0.1) is 17.3 Å². The molecule has 6 nitrogen and oxygen atoms in total. The molecular weight excluding hydrogens is 454 g/mol. The lowest BCUT2D eigenvalue weighted by molar-refractivity contribution is -0.157. The minimum Gasteiger partial charge on any atom is -0.489 e. The summed E-state index contributed by atoms with van der Waals surface area (Å²) in [5.41, 5.74) is 2.17. The van der Waals surface area contributed by atoms with Gasteiger partial charge in [-0.25, -0.2) is 0 Å². The van der Waals surface area contributed by atoms with Crippen LogP contribution in [-0.4, -0.2) is 40.2 Å². The van der Waals surface area contributed by atoms with Gasteiger partial charge in [0.2, 0.25) is 0 Å². The molecule has 1 aromatic carbocycles. The van der Waals surface area contributed by atoms with Crippen LogP contribution in [0.3, 0.4) is 0 Å². The highest BCUT2D eigenvalue weighted by Gasteiger charge is 2.64. The zero-order valence-electron chi connectivity index (χ0n) is 21.1. The number of allylic oxidation sites excluding steroid dienone is 3. The molecule has 0 radical (unpaired) electrons. The van der Waals surface area contributed by atoms with Gasteiger partial charge in [0.05, 0.1) is 5.57 Å². The average Bonchev–Trinajstić information content (AvgIpc) is 3.08. The highest BCUT2D eigenvalue weighted by molar-refractivity contribution is 6.00. The van der Waals surface area contributed by atoms with Gasteiger partial charge in [0.25, 0.3) is 0 Å². The Morgan fingerprint density at radius 2 is 2.06 bits per heavy atom. The fraction of sp³-hybridized carbons (Fsp3) is 0.500. The van der Waals surface area contributed by atoms with Crippen molar-refractivity contribution in [1.82, 2.24) is 4.98 Å². The molecule has 2 heterocycles. The first-order valence-electron chi connectivity index (χ1n) is 13.0. The summed E-state index contributed by atoms with van der Waals surface area (Å²) in [7, 11) is 0. The molecule has 1 N–H and O–H groups in total. The van der Waals surface area contributed by atoms with E-state index in [0.29, 0.717) is 24.8 Å². The van der Waals surface area contributed by atoms with Gasteiger partial charge < -0.3 is 14.6 Å². The molecule has 6 rings (SSSR count). The van der Waals surface area contributed by atoms with Gasteiger partial charge >= 0.3 is 5.97 Å². The summed E-state index contributed by atoms with van der Waals surface area (Å²) in [5, 5.41) is 11.9. The number of fused-ring (bicyclic) bond motifs is 4. The summed E-state index contributed by atoms with van der Waals surface area (Å²) < 4.78 is 12.8. The van der Waals surface area contributed by atoms with E-state index in [1.54, 1.807) is 6.20 Å². The van der Waals surface area contributed by atoms with Gasteiger partial charge in [-0.3, -0.25) is 14.6 Å². The topological polar surface area (TPSA) is 85.7 Å². The number of benzene rings is 1. The molecule has 3 aliphatic carbocycles. The van der Waals surface area contributed by atoms with Crippen molar-refractivity contribution >= 4 is 22.5 Å². The van der Waals surface area contributed by atoms with Gasteiger partial charge in [-0.2, -0.15) is 0 Å². The van der Waals surface area contributed by atoms with Crippen LogP contribution in [-0.2, 0) is 19.1 Å². The van der Waals surface area contributed by atoms with Crippen molar-refractivity contribution < 1.29 is 24.2 Å². The third-order valence-corrected chi connectivity index (χ3v) is 9.21. The van der Waals surface area contributed by atoms with Gasteiger partial charge in [-0.15, -0.1) is 0 Å². The molecule has 0 amide bonds. The number of hydrogen-bond donors (Lipinski definition) is 1. The Kier molecular flexibility index (Phi) is 5.38. The summed E-state index contributed by atoms with van der Waals surface area (Å²) in [6.45, 7) is 5.86. The quantitative estimate of drug-likeness (QED) is 0.613. The number of ketones is 1. The van der Waals surface area contributed by atoms with Crippen molar-refractivity contribution in [2.45, 2.75) is 70.5 Å². The normalized spacial score (nSPS) is 35.4. The lowest BCUT2D eigenvalue weighted by Gasteiger charge is -2.48. The maximum absolute atomic E-state index is 12.8. The predicted molar refractivity (Wildman–Crippen MR) is 135 cm³/mol. The Labute approximate surface area is 211 Å². The molecule has 0 spiro atoms. The monoisotopic (exact) mass is 487 g/mol. The van der Waals surface area contributed by atoms with Crippen LogP contribution in [0.5, 0.6) is 0 Å². The number of rotatable bonds is 3. The maximum Gasteiger partial charge on any atom is 0.303 e. The van der Waals surface area contributed by atoms with Crippen LogP contribution in [0.25, 0.3) is 10.8 Å². The number of aliphatic hydroxyl groups is 1. The first-order valence-corrected chi connectivity index (χ1v) is 13.0. The molecule has 2 saturated carbocycles. The average molecular weight is 488 g/mol. The Morgan fingerprint density at radius 3 is 2.83 bits per heavy atom. The van der Waals surface area contributed by atoms with E-state index < -0.39 is 5.60 Å². The summed E-state index contributed by atoms with van der Waals surface area (Å²) in [5.74, 6) is 0.543. The molecule has 2 fully saturated rings. The maximum atomic E-state index is 12.8. The van der Waals surface area contributed by atoms with Crippen LogP contribution in [0.4, 0.5) is 0 Å². The van der Waals surface area contributed by atoms with E-state index in [1.807, 2.05) is 12.3 Å². The third-order valence-electron chi connectivity index (χ3n) is 9.21. The second-order valence-corrected chi connectivity index (χ2v) is 11.6.